The number of ether oxygens (including phenoxy) is 1. The van der Waals surface area contributed by atoms with Gasteiger partial charge in [0.05, 0.1) is 17.4 Å². The molecule has 1 aromatic heterocycles. The lowest BCUT2D eigenvalue weighted by molar-refractivity contribution is -0.137. The van der Waals surface area contributed by atoms with E-state index in [4.69, 9.17) is 4.42 Å². The summed E-state index contributed by atoms with van der Waals surface area (Å²) in [6.45, 7) is -3.13. The molecule has 19 heavy (non-hydrogen) atoms. The van der Waals surface area contributed by atoms with Crippen LogP contribution in [0.2, 0.25) is 0 Å². The van der Waals surface area contributed by atoms with Crippen LogP contribution in [0.15, 0.2) is 41.0 Å². The second-order valence-electron chi connectivity index (χ2n) is 3.56. The highest BCUT2D eigenvalue weighted by molar-refractivity contribution is 5.67. The molecule has 0 saturated heterocycles. The lowest BCUT2D eigenvalue weighted by atomic mass is 10.1. The molecule has 2 rings (SSSR count). The molecule has 0 atom stereocenters. The van der Waals surface area contributed by atoms with Crippen molar-refractivity contribution in [2.24, 2.45) is 0 Å². The summed E-state index contributed by atoms with van der Waals surface area (Å²) >= 11 is 0. The van der Waals surface area contributed by atoms with Crippen LogP contribution < -0.4 is 4.74 Å². The molecule has 0 saturated carbocycles. The van der Waals surface area contributed by atoms with Gasteiger partial charge in [0.1, 0.15) is 11.5 Å². The first-order valence-electron chi connectivity index (χ1n) is 5.08. The fourth-order valence-electron chi connectivity index (χ4n) is 1.53. The molecule has 2 aromatic rings. The zero-order valence-electron chi connectivity index (χ0n) is 9.25. The number of rotatable bonds is 3. The first-order chi connectivity index (χ1) is 8.88. The summed E-state index contributed by atoms with van der Waals surface area (Å²) in [6, 6.07) is 5.00. The normalized spacial score (nSPS) is 11.9. The molecule has 1 aromatic carbocycles. The van der Waals surface area contributed by atoms with Crippen LogP contribution >= 0.6 is 0 Å². The standard InChI is InChI=1S/C12H7F5O2/c13-11(14)19-10-4-3-7(12(15,16)17)6-8(10)9-2-1-5-18-9/h1-6,11H. The molecule has 2 nitrogen and oxygen atoms in total. The van der Waals surface area contributed by atoms with Gasteiger partial charge in [-0.25, -0.2) is 0 Å². The van der Waals surface area contributed by atoms with Crippen molar-refractivity contribution in [3.8, 4) is 17.1 Å². The number of benzene rings is 1. The van der Waals surface area contributed by atoms with Crippen LogP contribution in [0.1, 0.15) is 5.56 Å². The van der Waals surface area contributed by atoms with Crippen LogP contribution in [-0.2, 0) is 6.18 Å². The van der Waals surface area contributed by atoms with Crippen molar-refractivity contribution in [3.05, 3.63) is 42.2 Å². The van der Waals surface area contributed by atoms with Crippen molar-refractivity contribution < 1.29 is 31.1 Å². The van der Waals surface area contributed by atoms with E-state index in [1.807, 2.05) is 0 Å². The van der Waals surface area contributed by atoms with Gasteiger partial charge in [0.15, 0.2) is 0 Å². The van der Waals surface area contributed by atoms with Crippen molar-refractivity contribution >= 4 is 0 Å². The first-order valence-corrected chi connectivity index (χ1v) is 5.08. The van der Waals surface area contributed by atoms with Crippen molar-refractivity contribution in [2.75, 3.05) is 0 Å². The van der Waals surface area contributed by atoms with Gasteiger partial charge in [0.25, 0.3) is 0 Å². The first kappa shape index (κ1) is 13.4. The fourth-order valence-corrected chi connectivity index (χ4v) is 1.53. The highest BCUT2D eigenvalue weighted by Gasteiger charge is 2.31. The predicted octanol–water partition coefficient (Wildman–Crippen LogP) is 4.57. The van der Waals surface area contributed by atoms with Gasteiger partial charge >= 0.3 is 12.8 Å². The zero-order chi connectivity index (χ0) is 14.0. The Balaban J connectivity index is 2.51. The highest BCUT2D eigenvalue weighted by Crippen LogP contribution is 2.37. The summed E-state index contributed by atoms with van der Waals surface area (Å²) in [5, 5.41) is 0. The maximum absolute atomic E-state index is 12.6. The summed E-state index contributed by atoms with van der Waals surface area (Å²) in [5.74, 6) is -0.361. The average molecular weight is 278 g/mol. The van der Waals surface area contributed by atoms with Crippen LogP contribution in [0.4, 0.5) is 22.0 Å². The Bertz CT molecular complexity index is 546. The summed E-state index contributed by atoms with van der Waals surface area (Å²) in [5.41, 5.74) is -1.15. The number of hydrogen-bond donors (Lipinski definition) is 0. The summed E-state index contributed by atoms with van der Waals surface area (Å²) < 4.78 is 71.2. The van der Waals surface area contributed by atoms with E-state index >= 15 is 0 Å². The molecule has 0 unspecified atom stereocenters. The Labute approximate surface area is 104 Å². The molecule has 1 heterocycles. The number of halogens is 5. The van der Waals surface area contributed by atoms with E-state index < -0.39 is 18.4 Å². The largest absolute Gasteiger partial charge is 0.464 e. The van der Waals surface area contributed by atoms with E-state index in [1.54, 1.807) is 0 Å². The average Bonchev–Trinajstić information content (AvgIpc) is 2.80. The van der Waals surface area contributed by atoms with Crippen LogP contribution in [0.25, 0.3) is 11.3 Å². The van der Waals surface area contributed by atoms with Gasteiger partial charge in [-0.15, -0.1) is 0 Å². The monoisotopic (exact) mass is 278 g/mol. The molecule has 0 bridgehead atoms. The summed E-state index contributed by atoms with van der Waals surface area (Å²) in [6.07, 6.45) is -3.35. The van der Waals surface area contributed by atoms with Gasteiger partial charge in [-0.2, -0.15) is 22.0 Å². The van der Waals surface area contributed by atoms with Crippen molar-refractivity contribution in [2.45, 2.75) is 12.8 Å². The van der Waals surface area contributed by atoms with Crippen molar-refractivity contribution in [1.29, 1.82) is 0 Å². The molecule has 0 aliphatic heterocycles. The SMILES string of the molecule is FC(F)Oc1ccc(C(F)(F)F)cc1-c1ccco1. The van der Waals surface area contributed by atoms with Gasteiger partial charge < -0.3 is 9.15 Å². The number of hydrogen-bond acceptors (Lipinski definition) is 2. The topological polar surface area (TPSA) is 22.4 Å². The van der Waals surface area contributed by atoms with Crippen LogP contribution in [-0.4, -0.2) is 6.61 Å². The maximum atomic E-state index is 12.6. The molecular formula is C12H7F5O2. The maximum Gasteiger partial charge on any atom is 0.416 e. The Hall–Kier alpha value is -2.05. The third-order valence-corrected chi connectivity index (χ3v) is 2.31. The lowest BCUT2D eigenvalue weighted by Gasteiger charge is -2.12. The molecule has 0 N–H and O–H groups in total. The fraction of sp³-hybridized carbons (Fsp3) is 0.167. The van der Waals surface area contributed by atoms with Crippen LogP contribution in [0.5, 0.6) is 5.75 Å². The molecule has 102 valence electrons. The third-order valence-electron chi connectivity index (χ3n) is 2.31. The van der Waals surface area contributed by atoms with E-state index in [9.17, 15) is 22.0 Å². The van der Waals surface area contributed by atoms with Gasteiger partial charge in [0, 0.05) is 0 Å². The Morgan fingerprint density at radius 1 is 1.11 bits per heavy atom. The Kier molecular flexibility index (Phi) is 3.46. The van der Waals surface area contributed by atoms with Gasteiger partial charge in [-0.1, -0.05) is 0 Å². The minimum absolute atomic E-state index is 0.0155. The van der Waals surface area contributed by atoms with Gasteiger partial charge in [0.2, 0.25) is 0 Å². The van der Waals surface area contributed by atoms with Crippen LogP contribution in [0, 0.1) is 0 Å². The molecule has 0 fully saturated rings. The second-order valence-corrected chi connectivity index (χ2v) is 3.56. The van der Waals surface area contributed by atoms with Gasteiger partial charge in [-0.05, 0) is 30.3 Å². The Morgan fingerprint density at radius 2 is 1.84 bits per heavy atom. The molecule has 0 aliphatic rings. The smallest absolute Gasteiger partial charge is 0.416 e. The Morgan fingerprint density at radius 3 is 2.37 bits per heavy atom. The van der Waals surface area contributed by atoms with E-state index in [0.717, 1.165) is 6.07 Å². The number of furan rings is 1. The molecule has 7 heteroatoms. The summed E-state index contributed by atoms with van der Waals surface area (Å²) in [7, 11) is 0. The van der Waals surface area contributed by atoms with E-state index in [1.165, 1.54) is 18.4 Å². The second kappa shape index (κ2) is 4.91. The summed E-state index contributed by atoms with van der Waals surface area (Å²) in [4.78, 5) is 0. The third kappa shape index (κ3) is 3.04. The quantitative estimate of drug-likeness (QED) is 0.767. The minimum atomic E-state index is -4.58. The zero-order valence-corrected chi connectivity index (χ0v) is 9.25. The van der Waals surface area contributed by atoms with Crippen LogP contribution in [0.3, 0.4) is 0 Å². The molecule has 0 amide bonds. The van der Waals surface area contributed by atoms with E-state index in [-0.39, 0.29) is 17.1 Å². The predicted molar refractivity (Wildman–Crippen MR) is 55.8 cm³/mol. The van der Waals surface area contributed by atoms with E-state index in [0.29, 0.717) is 12.1 Å². The highest BCUT2D eigenvalue weighted by atomic mass is 19.4. The lowest BCUT2D eigenvalue weighted by Crippen LogP contribution is -2.07. The van der Waals surface area contributed by atoms with Crippen molar-refractivity contribution in [3.63, 3.8) is 0 Å². The molecular weight excluding hydrogens is 271 g/mol. The molecule has 0 radical (unpaired) electrons. The number of alkyl halides is 5. The van der Waals surface area contributed by atoms with E-state index in [2.05, 4.69) is 4.74 Å². The minimum Gasteiger partial charge on any atom is -0.464 e. The molecule has 0 aliphatic carbocycles. The molecule has 0 spiro atoms. The van der Waals surface area contributed by atoms with Gasteiger partial charge in [-0.3, -0.25) is 0 Å². The van der Waals surface area contributed by atoms with Crippen molar-refractivity contribution in [1.82, 2.24) is 0 Å².